The first kappa shape index (κ1) is 13.1. The Kier molecular flexibility index (Phi) is 3.67. The molecule has 20 heavy (non-hydrogen) atoms. The van der Waals surface area contributed by atoms with Crippen molar-refractivity contribution in [2.24, 2.45) is 5.73 Å². The fraction of sp³-hybridized carbons (Fsp3) is 0.188. The molecular weight excluding hydrogens is 266 g/mol. The van der Waals surface area contributed by atoms with Gasteiger partial charge < -0.3 is 5.73 Å². The van der Waals surface area contributed by atoms with Gasteiger partial charge in [-0.2, -0.15) is 5.10 Å². The molecule has 0 fully saturated rings. The van der Waals surface area contributed by atoms with Crippen LogP contribution in [0.15, 0.2) is 54.9 Å². The topological polar surface area (TPSA) is 43.8 Å². The van der Waals surface area contributed by atoms with E-state index in [4.69, 9.17) is 5.73 Å². The second kappa shape index (κ2) is 5.61. The second-order valence-corrected chi connectivity index (χ2v) is 6.09. The normalized spacial score (nSPS) is 12.5. The first-order valence-corrected chi connectivity index (χ1v) is 7.45. The highest BCUT2D eigenvalue weighted by molar-refractivity contribution is 7.12. The minimum atomic E-state index is 0.117. The number of rotatable bonds is 4. The third-order valence-corrected chi connectivity index (χ3v) is 4.44. The molecule has 0 aliphatic heterocycles. The molecule has 3 aromatic rings. The van der Waals surface area contributed by atoms with E-state index in [1.54, 1.807) is 11.3 Å². The number of hydrogen-bond donors (Lipinski definition) is 1. The Bertz CT molecular complexity index is 685. The molecule has 0 radical (unpaired) electrons. The van der Waals surface area contributed by atoms with Gasteiger partial charge >= 0.3 is 0 Å². The van der Waals surface area contributed by atoms with E-state index in [0.29, 0.717) is 6.54 Å². The van der Waals surface area contributed by atoms with Crippen LogP contribution in [0.3, 0.4) is 0 Å². The molecule has 102 valence electrons. The predicted octanol–water partition coefficient (Wildman–Crippen LogP) is 3.47. The molecule has 4 heteroatoms. The van der Waals surface area contributed by atoms with Gasteiger partial charge in [0.25, 0.3) is 0 Å². The van der Waals surface area contributed by atoms with E-state index >= 15 is 0 Å². The molecule has 1 aromatic carbocycles. The summed E-state index contributed by atoms with van der Waals surface area (Å²) in [4.78, 5) is 2.56. The first-order chi connectivity index (χ1) is 9.78. The van der Waals surface area contributed by atoms with Crippen molar-refractivity contribution >= 4 is 11.3 Å². The van der Waals surface area contributed by atoms with Crippen molar-refractivity contribution in [3.63, 3.8) is 0 Å². The van der Waals surface area contributed by atoms with Crippen LogP contribution in [0, 0.1) is 6.92 Å². The highest BCUT2D eigenvalue weighted by Crippen LogP contribution is 2.27. The lowest BCUT2D eigenvalue weighted by Gasteiger charge is -2.13. The Hall–Kier alpha value is -1.91. The molecule has 0 saturated heterocycles. The van der Waals surface area contributed by atoms with Crippen molar-refractivity contribution in [2.45, 2.75) is 13.0 Å². The molecule has 1 unspecified atom stereocenters. The molecule has 0 bridgehead atoms. The number of nitrogens with zero attached hydrogens (tertiary/aromatic N) is 2. The second-order valence-electron chi connectivity index (χ2n) is 4.77. The van der Waals surface area contributed by atoms with Crippen LogP contribution in [0.5, 0.6) is 0 Å². The molecule has 0 saturated carbocycles. The predicted molar refractivity (Wildman–Crippen MR) is 83.9 cm³/mol. The highest BCUT2D eigenvalue weighted by Gasteiger charge is 2.15. The molecule has 0 aliphatic carbocycles. The van der Waals surface area contributed by atoms with Crippen LogP contribution >= 0.6 is 11.3 Å². The lowest BCUT2D eigenvalue weighted by molar-refractivity contribution is 0.540. The van der Waals surface area contributed by atoms with Gasteiger partial charge in [0.15, 0.2) is 0 Å². The molecular formula is C16H17N3S. The van der Waals surface area contributed by atoms with Crippen LogP contribution in [-0.4, -0.2) is 16.3 Å². The molecule has 0 spiro atoms. The van der Waals surface area contributed by atoms with Crippen LogP contribution in [0.25, 0.3) is 11.1 Å². The largest absolute Gasteiger partial charge is 0.328 e. The third kappa shape index (κ3) is 2.53. The minimum absolute atomic E-state index is 0.117. The highest BCUT2D eigenvalue weighted by atomic mass is 32.1. The molecule has 3 nitrogen and oxygen atoms in total. The van der Waals surface area contributed by atoms with Gasteiger partial charge in [-0.05, 0) is 24.6 Å². The van der Waals surface area contributed by atoms with Crippen molar-refractivity contribution in [3.8, 4) is 11.1 Å². The fourth-order valence-corrected chi connectivity index (χ4v) is 3.26. The monoisotopic (exact) mass is 283 g/mol. The van der Waals surface area contributed by atoms with E-state index in [1.807, 2.05) is 29.1 Å². The summed E-state index contributed by atoms with van der Waals surface area (Å²) in [5.41, 5.74) is 8.24. The van der Waals surface area contributed by atoms with E-state index in [1.165, 1.54) is 15.3 Å². The molecule has 2 heterocycles. The molecule has 0 aliphatic rings. The number of aromatic nitrogens is 2. The summed E-state index contributed by atoms with van der Waals surface area (Å²) < 4.78 is 1.97. The van der Waals surface area contributed by atoms with Gasteiger partial charge in [0.05, 0.1) is 12.2 Å². The maximum atomic E-state index is 5.94. The van der Waals surface area contributed by atoms with Gasteiger partial charge in [-0.25, -0.2) is 0 Å². The summed E-state index contributed by atoms with van der Waals surface area (Å²) in [7, 11) is 0. The Balaban J connectivity index is 1.92. The number of benzene rings is 1. The minimum Gasteiger partial charge on any atom is -0.328 e. The fourth-order valence-electron chi connectivity index (χ4n) is 2.28. The average molecular weight is 283 g/mol. The van der Waals surface area contributed by atoms with Crippen molar-refractivity contribution in [3.05, 3.63) is 64.6 Å². The lowest BCUT2D eigenvalue weighted by Crippen LogP contribution is -2.19. The molecule has 1 atom stereocenters. The number of thiophene rings is 1. The number of nitrogens with two attached hydrogens (primary N) is 1. The van der Waals surface area contributed by atoms with Crippen LogP contribution < -0.4 is 5.73 Å². The van der Waals surface area contributed by atoms with E-state index < -0.39 is 0 Å². The van der Waals surface area contributed by atoms with Gasteiger partial charge in [0.1, 0.15) is 0 Å². The summed E-state index contributed by atoms with van der Waals surface area (Å²) in [5, 5.41) is 4.49. The molecule has 0 amide bonds. The van der Waals surface area contributed by atoms with Crippen LogP contribution in [0.1, 0.15) is 15.8 Å². The smallest absolute Gasteiger partial charge is 0.0982 e. The van der Waals surface area contributed by atoms with Gasteiger partial charge in [0.2, 0.25) is 0 Å². The maximum Gasteiger partial charge on any atom is 0.0982 e. The van der Waals surface area contributed by atoms with E-state index in [9.17, 15) is 0 Å². The molecule has 3 rings (SSSR count). The van der Waals surface area contributed by atoms with Crippen LogP contribution in [-0.2, 0) is 0 Å². The lowest BCUT2D eigenvalue weighted by atomic mass is 10.1. The van der Waals surface area contributed by atoms with Crippen molar-refractivity contribution in [1.82, 2.24) is 9.78 Å². The van der Waals surface area contributed by atoms with Gasteiger partial charge in [-0.3, -0.25) is 4.68 Å². The van der Waals surface area contributed by atoms with Gasteiger partial charge in [-0.15, -0.1) is 11.3 Å². The maximum absolute atomic E-state index is 5.94. The Morgan fingerprint density at radius 1 is 1.15 bits per heavy atom. The van der Waals surface area contributed by atoms with E-state index in [0.717, 1.165) is 5.56 Å². The Labute approximate surface area is 122 Å². The number of hydrogen-bond acceptors (Lipinski definition) is 3. The Morgan fingerprint density at radius 3 is 2.60 bits per heavy atom. The third-order valence-electron chi connectivity index (χ3n) is 3.34. The Morgan fingerprint density at radius 2 is 1.95 bits per heavy atom. The molecule has 2 N–H and O–H groups in total. The zero-order chi connectivity index (χ0) is 13.9. The van der Waals surface area contributed by atoms with Gasteiger partial charge in [-0.1, -0.05) is 30.3 Å². The van der Waals surface area contributed by atoms with Crippen molar-refractivity contribution < 1.29 is 0 Å². The summed E-state index contributed by atoms with van der Waals surface area (Å²) >= 11 is 1.78. The molecule has 2 aromatic heterocycles. The zero-order valence-electron chi connectivity index (χ0n) is 11.4. The van der Waals surface area contributed by atoms with E-state index in [2.05, 4.69) is 42.5 Å². The summed E-state index contributed by atoms with van der Waals surface area (Å²) in [6.45, 7) is 2.66. The summed E-state index contributed by atoms with van der Waals surface area (Å²) in [5.74, 6) is 0. The summed E-state index contributed by atoms with van der Waals surface area (Å²) in [6, 6.07) is 14.7. The van der Waals surface area contributed by atoms with E-state index in [-0.39, 0.29) is 6.04 Å². The first-order valence-electron chi connectivity index (χ1n) is 6.64. The number of aryl methyl sites for hydroxylation is 1. The zero-order valence-corrected chi connectivity index (χ0v) is 12.2. The average Bonchev–Trinajstić information content (AvgIpc) is 3.11. The SMILES string of the molecule is Cc1ccc(C(CN)n2cc(-c3ccccc3)cn2)s1. The van der Waals surface area contributed by atoms with Gasteiger partial charge in [0, 0.05) is 28.1 Å². The van der Waals surface area contributed by atoms with Crippen molar-refractivity contribution in [1.29, 1.82) is 0 Å². The quantitative estimate of drug-likeness (QED) is 0.796. The summed E-state index contributed by atoms with van der Waals surface area (Å²) in [6.07, 6.45) is 3.97. The standard InChI is InChI=1S/C16H17N3S/c1-12-7-8-16(20-12)15(9-17)19-11-14(10-18-19)13-5-3-2-4-6-13/h2-8,10-11,15H,9,17H2,1H3. The van der Waals surface area contributed by atoms with Crippen LogP contribution in [0.4, 0.5) is 0 Å². The van der Waals surface area contributed by atoms with Crippen LogP contribution in [0.2, 0.25) is 0 Å². The van der Waals surface area contributed by atoms with Crippen molar-refractivity contribution in [2.75, 3.05) is 6.54 Å².